The number of para-hydroxylation sites is 1. The van der Waals surface area contributed by atoms with Crippen LogP contribution in [0.5, 0.6) is 0 Å². The average molecular weight is 338 g/mol. The minimum Gasteiger partial charge on any atom is -0.351 e. The number of carbonyl (C=O) groups is 1. The zero-order chi connectivity index (χ0) is 17.8. The van der Waals surface area contributed by atoms with Crippen molar-refractivity contribution in [2.45, 2.75) is 25.8 Å². The van der Waals surface area contributed by atoms with E-state index in [0.717, 1.165) is 25.1 Å². The SMILES string of the molecule is CC1Cc2ccccc2N1c1ccnc(C(=O)NCCCN(C)C)c1. The van der Waals surface area contributed by atoms with Crippen molar-refractivity contribution in [3.63, 3.8) is 0 Å². The van der Waals surface area contributed by atoms with E-state index in [0.29, 0.717) is 18.3 Å². The molecule has 5 nitrogen and oxygen atoms in total. The summed E-state index contributed by atoms with van der Waals surface area (Å²) in [4.78, 5) is 21.0. The normalized spacial score (nSPS) is 16.2. The van der Waals surface area contributed by atoms with Crippen LogP contribution in [0.2, 0.25) is 0 Å². The second kappa shape index (κ2) is 7.66. The molecule has 132 valence electrons. The fourth-order valence-corrected chi connectivity index (χ4v) is 3.34. The Hall–Kier alpha value is -2.40. The molecule has 1 aromatic carbocycles. The molecule has 1 aliphatic rings. The Morgan fingerprint density at radius 3 is 2.92 bits per heavy atom. The van der Waals surface area contributed by atoms with Gasteiger partial charge in [0.2, 0.25) is 0 Å². The van der Waals surface area contributed by atoms with Gasteiger partial charge >= 0.3 is 0 Å². The predicted molar refractivity (Wildman–Crippen MR) is 101 cm³/mol. The highest BCUT2D eigenvalue weighted by molar-refractivity contribution is 5.93. The van der Waals surface area contributed by atoms with Crippen LogP contribution in [0, 0.1) is 0 Å². The first kappa shape index (κ1) is 17.4. The third-order valence-corrected chi connectivity index (χ3v) is 4.53. The Kier molecular flexibility index (Phi) is 5.34. The largest absolute Gasteiger partial charge is 0.351 e. The van der Waals surface area contributed by atoms with E-state index in [1.54, 1.807) is 6.20 Å². The van der Waals surface area contributed by atoms with Crippen LogP contribution in [0.25, 0.3) is 0 Å². The molecule has 1 amide bonds. The minimum absolute atomic E-state index is 0.110. The van der Waals surface area contributed by atoms with Gasteiger partial charge in [0.25, 0.3) is 5.91 Å². The lowest BCUT2D eigenvalue weighted by Crippen LogP contribution is -2.28. The van der Waals surface area contributed by atoms with Gasteiger partial charge in [-0.3, -0.25) is 9.78 Å². The first-order valence-electron chi connectivity index (χ1n) is 8.82. The summed E-state index contributed by atoms with van der Waals surface area (Å²) >= 11 is 0. The smallest absolute Gasteiger partial charge is 0.269 e. The first-order chi connectivity index (χ1) is 12.1. The van der Waals surface area contributed by atoms with E-state index in [2.05, 4.69) is 51.3 Å². The Balaban J connectivity index is 1.73. The topological polar surface area (TPSA) is 48.5 Å². The molecular formula is C20H26N4O. The zero-order valence-electron chi connectivity index (χ0n) is 15.2. The zero-order valence-corrected chi connectivity index (χ0v) is 15.2. The number of aromatic nitrogens is 1. The summed E-state index contributed by atoms with van der Waals surface area (Å²) in [5.74, 6) is -0.110. The molecule has 1 aliphatic heterocycles. The number of amides is 1. The van der Waals surface area contributed by atoms with Crippen LogP contribution < -0.4 is 10.2 Å². The van der Waals surface area contributed by atoms with Crippen molar-refractivity contribution in [1.82, 2.24) is 15.2 Å². The fraction of sp³-hybridized carbons (Fsp3) is 0.400. The fourth-order valence-electron chi connectivity index (χ4n) is 3.34. The number of rotatable bonds is 6. The quantitative estimate of drug-likeness (QED) is 0.823. The first-order valence-corrected chi connectivity index (χ1v) is 8.82. The van der Waals surface area contributed by atoms with E-state index in [9.17, 15) is 4.79 Å². The maximum absolute atomic E-state index is 12.4. The number of carbonyl (C=O) groups excluding carboxylic acids is 1. The van der Waals surface area contributed by atoms with E-state index in [1.807, 2.05) is 26.2 Å². The van der Waals surface area contributed by atoms with Crippen molar-refractivity contribution in [3.8, 4) is 0 Å². The number of fused-ring (bicyclic) bond motifs is 1. The lowest BCUT2D eigenvalue weighted by molar-refractivity contribution is 0.0947. The van der Waals surface area contributed by atoms with E-state index in [-0.39, 0.29) is 5.91 Å². The molecule has 0 saturated carbocycles. The number of hydrogen-bond donors (Lipinski definition) is 1. The molecule has 0 aliphatic carbocycles. The van der Waals surface area contributed by atoms with Crippen molar-refractivity contribution in [2.24, 2.45) is 0 Å². The van der Waals surface area contributed by atoms with E-state index >= 15 is 0 Å². The lowest BCUT2D eigenvalue weighted by atomic mass is 10.1. The molecule has 2 aromatic rings. The lowest BCUT2D eigenvalue weighted by Gasteiger charge is -2.25. The molecule has 25 heavy (non-hydrogen) atoms. The number of anilines is 2. The van der Waals surface area contributed by atoms with Gasteiger partial charge in [0, 0.05) is 30.2 Å². The van der Waals surface area contributed by atoms with E-state index in [1.165, 1.54) is 11.3 Å². The second-order valence-electron chi connectivity index (χ2n) is 6.86. The van der Waals surface area contributed by atoms with Crippen molar-refractivity contribution in [1.29, 1.82) is 0 Å². The number of pyridine rings is 1. The van der Waals surface area contributed by atoms with Gasteiger partial charge in [-0.1, -0.05) is 18.2 Å². The third-order valence-electron chi connectivity index (χ3n) is 4.53. The number of benzene rings is 1. The Morgan fingerprint density at radius 2 is 2.12 bits per heavy atom. The van der Waals surface area contributed by atoms with Gasteiger partial charge in [-0.25, -0.2) is 0 Å². The molecule has 0 radical (unpaired) electrons. The van der Waals surface area contributed by atoms with E-state index < -0.39 is 0 Å². The predicted octanol–water partition coefficient (Wildman–Crippen LogP) is 2.85. The van der Waals surface area contributed by atoms with Crippen LogP contribution in [-0.4, -0.2) is 49.0 Å². The van der Waals surface area contributed by atoms with Crippen LogP contribution >= 0.6 is 0 Å². The van der Waals surface area contributed by atoms with Crippen LogP contribution in [0.4, 0.5) is 11.4 Å². The number of nitrogens with zero attached hydrogens (tertiary/aromatic N) is 3. The standard InChI is InChI=1S/C20H26N4O/c1-15-13-16-7-4-5-8-19(16)24(15)17-9-11-21-18(14-17)20(25)22-10-6-12-23(2)3/h4-5,7-9,11,14-15H,6,10,12-13H2,1-3H3,(H,22,25). The van der Waals surface area contributed by atoms with Gasteiger partial charge in [0.05, 0.1) is 0 Å². The van der Waals surface area contributed by atoms with Crippen LogP contribution in [0.15, 0.2) is 42.6 Å². The molecule has 1 atom stereocenters. The molecule has 2 heterocycles. The monoisotopic (exact) mass is 338 g/mol. The van der Waals surface area contributed by atoms with Crippen molar-refractivity contribution < 1.29 is 4.79 Å². The Morgan fingerprint density at radius 1 is 1.32 bits per heavy atom. The summed E-state index contributed by atoms with van der Waals surface area (Å²) < 4.78 is 0. The number of nitrogens with one attached hydrogen (secondary N) is 1. The highest BCUT2D eigenvalue weighted by Crippen LogP contribution is 2.37. The summed E-state index contributed by atoms with van der Waals surface area (Å²) in [5, 5.41) is 2.96. The van der Waals surface area contributed by atoms with Gasteiger partial charge in [0.15, 0.2) is 0 Å². The van der Waals surface area contributed by atoms with Gasteiger partial charge < -0.3 is 15.1 Å². The molecule has 1 unspecified atom stereocenters. The number of hydrogen-bond acceptors (Lipinski definition) is 4. The highest BCUT2D eigenvalue weighted by Gasteiger charge is 2.27. The third kappa shape index (κ3) is 3.99. The molecular weight excluding hydrogens is 312 g/mol. The maximum Gasteiger partial charge on any atom is 0.269 e. The summed E-state index contributed by atoms with van der Waals surface area (Å²) in [7, 11) is 4.06. The van der Waals surface area contributed by atoms with Gasteiger partial charge in [0.1, 0.15) is 5.69 Å². The Bertz CT molecular complexity index is 744. The molecule has 1 aromatic heterocycles. The highest BCUT2D eigenvalue weighted by atomic mass is 16.1. The molecule has 0 spiro atoms. The molecule has 0 bridgehead atoms. The summed E-state index contributed by atoms with van der Waals surface area (Å²) in [6.45, 7) is 3.82. The van der Waals surface area contributed by atoms with Crippen molar-refractivity contribution in [3.05, 3.63) is 53.9 Å². The van der Waals surface area contributed by atoms with Gasteiger partial charge in [-0.05, 0) is 64.2 Å². The van der Waals surface area contributed by atoms with Crippen LogP contribution in [0.3, 0.4) is 0 Å². The summed E-state index contributed by atoms with van der Waals surface area (Å²) in [6.07, 6.45) is 3.66. The van der Waals surface area contributed by atoms with Crippen LogP contribution in [-0.2, 0) is 6.42 Å². The molecule has 3 rings (SSSR count). The average Bonchev–Trinajstić information content (AvgIpc) is 2.94. The van der Waals surface area contributed by atoms with E-state index in [4.69, 9.17) is 0 Å². The minimum atomic E-state index is -0.110. The molecule has 5 heteroatoms. The summed E-state index contributed by atoms with van der Waals surface area (Å²) in [6, 6.07) is 12.7. The van der Waals surface area contributed by atoms with Gasteiger partial charge in [-0.2, -0.15) is 0 Å². The van der Waals surface area contributed by atoms with Gasteiger partial charge in [-0.15, -0.1) is 0 Å². The molecule has 0 fully saturated rings. The summed E-state index contributed by atoms with van der Waals surface area (Å²) in [5.41, 5.74) is 4.06. The maximum atomic E-state index is 12.4. The molecule has 0 saturated heterocycles. The van der Waals surface area contributed by atoms with Crippen molar-refractivity contribution in [2.75, 3.05) is 32.1 Å². The second-order valence-corrected chi connectivity index (χ2v) is 6.86. The van der Waals surface area contributed by atoms with Crippen LogP contribution in [0.1, 0.15) is 29.4 Å². The molecule has 1 N–H and O–H groups in total. The Labute approximate surface area is 149 Å². The van der Waals surface area contributed by atoms with Crippen molar-refractivity contribution >= 4 is 17.3 Å².